The highest BCUT2D eigenvalue weighted by molar-refractivity contribution is 6.06. The minimum Gasteiger partial charge on any atom is -0.456 e. The van der Waals surface area contributed by atoms with Gasteiger partial charge in [0.1, 0.15) is 18.2 Å². The molecule has 3 aromatic rings. The summed E-state index contributed by atoms with van der Waals surface area (Å²) in [7, 11) is 0. The number of carbonyl (C=O) groups is 2. The number of hydrogen-bond acceptors (Lipinski definition) is 6. The molecule has 0 radical (unpaired) electrons. The van der Waals surface area contributed by atoms with E-state index in [4.69, 9.17) is 4.74 Å². The zero-order valence-electron chi connectivity index (χ0n) is 16.2. The number of aldehydes is 1. The molecule has 1 saturated heterocycles. The number of aromatic nitrogens is 1. The molecule has 2 atom stereocenters. The van der Waals surface area contributed by atoms with Gasteiger partial charge in [0.25, 0.3) is 5.91 Å². The van der Waals surface area contributed by atoms with Gasteiger partial charge in [-0.25, -0.2) is 9.37 Å². The molecule has 2 aromatic carbocycles. The van der Waals surface area contributed by atoms with E-state index in [9.17, 15) is 19.1 Å². The summed E-state index contributed by atoms with van der Waals surface area (Å²) >= 11 is 0. The number of halogens is 1. The maximum atomic E-state index is 14.0. The Morgan fingerprint density at radius 2 is 2.13 bits per heavy atom. The summed E-state index contributed by atoms with van der Waals surface area (Å²) in [5.41, 5.74) is 2.00. The van der Waals surface area contributed by atoms with Crippen LogP contribution in [0, 0.1) is 12.7 Å². The molecule has 1 aromatic heterocycles. The van der Waals surface area contributed by atoms with Gasteiger partial charge in [0, 0.05) is 29.2 Å². The number of fused-ring (bicyclic) bond motifs is 1. The van der Waals surface area contributed by atoms with E-state index >= 15 is 0 Å². The van der Waals surface area contributed by atoms with Crippen molar-refractivity contribution in [3.8, 4) is 5.88 Å². The molecule has 0 bridgehead atoms. The van der Waals surface area contributed by atoms with Crippen LogP contribution >= 0.6 is 0 Å². The summed E-state index contributed by atoms with van der Waals surface area (Å²) in [5, 5.41) is 16.4. The third-order valence-corrected chi connectivity index (χ3v) is 5.00. The van der Waals surface area contributed by atoms with Crippen LogP contribution in [0.4, 0.5) is 10.1 Å². The third-order valence-electron chi connectivity index (χ3n) is 5.00. The van der Waals surface area contributed by atoms with Crippen molar-refractivity contribution in [2.24, 2.45) is 0 Å². The lowest BCUT2D eigenvalue weighted by Gasteiger charge is -2.17. The maximum Gasteiger partial charge on any atom is 0.258 e. The van der Waals surface area contributed by atoms with Crippen molar-refractivity contribution in [2.45, 2.75) is 25.7 Å². The van der Waals surface area contributed by atoms with Gasteiger partial charge in [-0.2, -0.15) is 0 Å². The smallest absolute Gasteiger partial charge is 0.258 e. The van der Waals surface area contributed by atoms with Crippen molar-refractivity contribution in [1.29, 1.82) is 0 Å². The summed E-state index contributed by atoms with van der Waals surface area (Å²) in [6.45, 7) is 2.56. The predicted octanol–water partition coefficient (Wildman–Crippen LogP) is 2.81. The normalized spacial score (nSPS) is 18.4. The zero-order valence-corrected chi connectivity index (χ0v) is 16.2. The minimum atomic E-state index is -0.707. The number of nitrogens with one attached hydrogen (secondary N) is 2. The number of ether oxygens (including phenoxy) is 1. The number of anilines is 1. The molecule has 1 fully saturated rings. The zero-order chi connectivity index (χ0) is 21.3. The van der Waals surface area contributed by atoms with E-state index in [0.717, 1.165) is 17.0 Å². The van der Waals surface area contributed by atoms with Gasteiger partial charge >= 0.3 is 0 Å². The van der Waals surface area contributed by atoms with Crippen LogP contribution in [-0.4, -0.2) is 41.2 Å². The number of aliphatic hydroxyl groups is 1. The number of benzene rings is 2. The van der Waals surface area contributed by atoms with E-state index in [0.29, 0.717) is 36.3 Å². The van der Waals surface area contributed by atoms with Gasteiger partial charge in [0.15, 0.2) is 6.23 Å². The fourth-order valence-corrected chi connectivity index (χ4v) is 3.40. The van der Waals surface area contributed by atoms with Gasteiger partial charge in [0.05, 0.1) is 11.1 Å². The summed E-state index contributed by atoms with van der Waals surface area (Å²) in [5.74, 6) is -0.966. The average molecular weight is 409 g/mol. The number of aliphatic hydroxyl groups excluding tert-OH is 1. The van der Waals surface area contributed by atoms with Gasteiger partial charge in [-0.15, -0.1) is 0 Å². The molecular formula is C22H20FN3O4. The first-order valence-electron chi connectivity index (χ1n) is 9.50. The van der Waals surface area contributed by atoms with Crippen LogP contribution in [0.1, 0.15) is 32.7 Å². The molecular weight excluding hydrogens is 389 g/mol. The summed E-state index contributed by atoms with van der Waals surface area (Å²) in [4.78, 5) is 27.8. The molecule has 0 saturated carbocycles. The lowest BCUT2D eigenvalue weighted by Crippen LogP contribution is -2.36. The molecule has 30 heavy (non-hydrogen) atoms. The molecule has 1 aliphatic heterocycles. The fraction of sp³-hybridized carbons (Fsp3) is 0.227. The van der Waals surface area contributed by atoms with Crippen LogP contribution in [0.25, 0.3) is 10.9 Å². The van der Waals surface area contributed by atoms with Crippen LogP contribution in [0.5, 0.6) is 5.88 Å². The molecule has 2 heterocycles. The van der Waals surface area contributed by atoms with Crippen LogP contribution in [0.2, 0.25) is 0 Å². The van der Waals surface area contributed by atoms with Gasteiger partial charge in [-0.05, 0) is 55.3 Å². The lowest BCUT2D eigenvalue weighted by molar-refractivity contribution is 0.0464. The summed E-state index contributed by atoms with van der Waals surface area (Å²) in [6, 6.07) is 10.5. The Morgan fingerprint density at radius 3 is 2.87 bits per heavy atom. The van der Waals surface area contributed by atoms with E-state index in [1.54, 1.807) is 24.3 Å². The van der Waals surface area contributed by atoms with Crippen molar-refractivity contribution in [1.82, 2.24) is 10.3 Å². The highest BCUT2D eigenvalue weighted by Crippen LogP contribution is 2.26. The molecule has 1 aliphatic rings. The molecule has 0 spiro atoms. The number of nitrogens with zero attached hydrogens (tertiary/aromatic N) is 1. The number of aryl methyl sites for hydroxylation is 1. The van der Waals surface area contributed by atoms with E-state index in [1.165, 1.54) is 12.1 Å². The molecule has 4 rings (SSSR count). The van der Waals surface area contributed by atoms with E-state index in [1.807, 2.05) is 6.92 Å². The van der Waals surface area contributed by atoms with Crippen LogP contribution in [0.15, 0.2) is 42.5 Å². The second-order valence-electron chi connectivity index (χ2n) is 7.17. The SMILES string of the molecule is Cc1cc(OC2NCCC2O)nc2ccc(NC(=O)c3cc(C=O)ccc3F)cc12. The van der Waals surface area contributed by atoms with E-state index in [2.05, 4.69) is 15.6 Å². The Morgan fingerprint density at radius 1 is 1.30 bits per heavy atom. The topological polar surface area (TPSA) is 101 Å². The van der Waals surface area contributed by atoms with E-state index in [-0.39, 0.29) is 11.1 Å². The summed E-state index contributed by atoms with van der Waals surface area (Å²) in [6.07, 6.45) is 0.0981. The fourth-order valence-electron chi connectivity index (χ4n) is 3.40. The van der Waals surface area contributed by atoms with Crippen LogP contribution in [0.3, 0.4) is 0 Å². The molecule has 7 nitrogen and oxygen atoms in total. The predicted molar refractivity (Wildman–Crippen MR) is 109 cm³/mol. The maximum absolute atomic E-state index is 14.0. The first-order valence-corrected chi connectivity index (χ1v) is 9.50. The monoisotopic (exact) mass is 409 g/mol. The first-order chi connectivity index (χ1) is 14.4. The van der Waals surface area contributed by atoms with Crippen molar-refractivity contribution in [3.05, 3.63) is 65.0 Å². The van der Waals surface area contributed by atoms with Gasteiger partial charge in [-0.1, -0.05) is 0 Å². The second-order valence-corrected chi connectivity index (χ2v) is 7.17. The van der Waals surface area contributed by atoms with Gasteiger partial charge in [-0.3, -0.25) is 14.9 Å². The lowest BCUT2D eigenvalue weighted by atomic mass is 10.1. The largest absolute Gasteiger partial charge is 0.456 e. The highest BCUT2D eigenvalue weighted by Gasteiger charge is 2.26. The van der Waals surface area contributed by atoms with Gasteiger partial charge in [0.2, 0.25) is 5.88 Å². The number of hydrogen-bond donors (Lipinski definition) is 3. The Hall–Kier alpha value is -3.36. The molecule has 1 amide bonds. The van der Waals surface area contributed by atoms with Crippen LogP contribution < -0.4 is 15.4 Å². The molecule has 154 valence electrons. The molecule has 8 heteroatoms. The molecule has 3 N–H and O–H groups in total. The quantitative estimate of drug-likeness (QED) is 0.561. The van der Waals surface area contributed by atoms with E-state index < -0.39 is 24.1 Å². The molecule has 2 unspecified atom stereocenters. The summed E-state index contributed by atoms with van der Waals surface area (Å²) < 4.78 is 19.7. The average Bonchev–Trinajstić information content (AvgIpc) is 3.13. The third kappa shape index (κ3) is 4.00. The standard InChI is InChI=1S/C22H20FN3O4/c1-12-8-20(30-22-19(28)6-7-24-22)26-18-5-3-14(10-15(12)18)25-21(29)16-9-13(11-27)2-4-17(16)23/h2-5,8-11,19,22,24,28H,6-7H2,1H3,(H,25,29). The Balaban J connectivity index is 1.57. The Kier molecular flexibility index (Phi) is 5.43. The van der Waals surface area contributed by atoms with Gasteiger partial charge < -0.3 is 15.2 Å². The number of pyridine rings is 1. The Bertz CT molecular complexity index is 1130. The number of amides is 1. The second kappa shape index (κ2) is 8.17. The minimum absolute atomic E-state index is 0.207. The first kappa shape index (κ1) is 19.9. The van der Waals surface area contributed by atoms with Crippen molar-refractivity contribution in [2.75, 3.05) is 11.9 Å². The molecule has 0 aliphatic carbocycles. The highest BCUT2D eigenvalue weighted by atomic mass is 19.1. The number of carbonyl (C=O) groups excluding carboxylic acids is 2. The van der Waals surface area contributed by atoms with Crippen molar-refractivity contribution in [3.63, 3.8) is 0 Å². The van der Waals surface area contributed by atoms with Crippen LogP contribution in [-0.2, 0) is 0 Å². The van der Waals surface area contributed by atoms with Crippen molar-refractivity contribution < 1.29 is 23.8 Å². The number of rotatable bonds is 5. The van der Waals surface area contributed by atoms with Crippen molar-refractivity contribution >= 4 is 28.8 Å². The Labute approximate surface area is 171 Å².